The smallest absolute Gasteiger partial charge is 0.255 e. The molecule has 156 valence electrons. The fraction of sp³-hybridized carbons (Fsp3) is 0.167. The van der Waals surface area contributed by atoms with E-state index in [1.54, 1.807) is 31.4 Å². The molecule has 0 spiro atoms. The van der Waals surface area contributed by atoms with Crippen LogP contribution in [0.2, 0.25) is 0 Å². The summed E-state index contributed by atoms with van der Waals surface area (Å²) in [7, 11) is 1.59. The summed E-state index contributed by atoms with van der Waals surface area (Å²) >= 11 is 0. The van der Waals surface area contributed by atoms with Crippen LogP contribution in [0, 0.1) is 0 Å². The Morgan fingerprint density at radius 3 is 2.45 bits per heavy atom. The van der Waals surface area contributed by atoms with Gasteiger partial charge < -0.3 is 10.1 Å². The van der Waals surface area contributed by atoms with Gasteiger partial charge in [0.2, 0.25) is 5.82 Å². The number of hydrogen-bond acceptors (Lipinski definition) is 5. The topological polar surface area (TPSA) is 81.9 Å². The maximum Gasteiger partial charge on any atom is 0.255 e. The summed E-state index contributed by atoms with van der Waals surface area (Å²) in [5.74, 6) is 0.901. The molecule has 1 N–H and O–H groups in total. The van der Waals surface area contributed by atoms with Gasteiger partial charge in [0.25, 0.3) is 5.91 Å². The molecular formula is C24H23N5O2. The normalized spacial score (nSPS) is 10.6. The van der Waals surface area contributed by atoms with Crippen LogP contribution in [0.15, 0.2) is 72.8 Å². The van der Waals surface area contributed by atoms with E-state index in [4.69, 9.17) is 4.74 Å². The monoisotopic (exact) mass is 413 g/mol. The molecule has 0 radical (unpaired) electrons. The molecule has 0 aliphatic heterocycles. The predicted octanol–water partition coefficient (Wildman–Crippen LogP) is 4.54. The number of nitrogens with one attached hydrogen (secondary N) is 1. The average Bonchev–Trinajstić information content (AvgIpc) is 3.30. The number of amides is 1. The second-order valence-electron chi connectivity index (χ2n) is 7.05. The van der Waals surface area contributed by atoms with E-state index in [0.29, 0.717) is 28.4 Å². The van der Waals surface area contributed by atoms with Gasteiger partial charge in [0.1, 0.15) is 5.75 Å². The van der Waals surface area contributed by atoms with Crippen molar-refractivity contribution >= 4 is 11.6 Å². The molecule has 0 atom stereocenters. The Bertz CT molecular complexity index is 1170. The van der Waals surface area contributed by atoms with Gasteiger partial charge >= 0.3 is 0 Å². The van der Waals surface area contributed by atoms with Gasteiger partial charge in [0, 0.05) is 11.1 Å². The molecule has 1 amide bonds. The number of carbonyl (C=O) groups excluding carboxylic acids is 1. The first kappa shape index (κ1) is 20.3. The molecule has 0 aliphatic rings. The molecular weight excluding hydrogens is 390 g/mol. The molecule has 1 aromatic heterocycles. The lowest BCUT2D eigenvalue weighted by molar-refractivity contribution is 0.102. The van der Waals surface area contributed by atoms with Crippen molar-refractivity contribution in [1.82, 2.24) is 20.2 Å². The van der Waals surface area contributed by atoms with Gasteiger partial charge in [-0.2, -0.15) is 0 Å². The number of benzene rings is 3. The first-order valence-electron chi connectivity index (χ1n) is 10.1. The Labute approximate surface area is 180 Å². The molecule has 7 nitrogen and oxygen atoms in total. The van der Waals surface area contributed by atoms with Crippen molar-refractivity contribution in [1.29, 1.82) is 0 Å². The van der Waals surface area contributed by atoms with Crippen LogP contribution >= 0.6 is 0 Å². The van der Waals surface area contributed by atoms with Gasteiger partial charge in [-0.3, -0.25) is 4.79 Å². The highest BCUT2D eigenvalue weighted by atomic mass is 16.5. The second kappa shape index (κ2) is 9.21. The molecule has 0 saturated carbocycles. The molecule has 0 fully saturated rings. The third-order valence-electron chi connectivity index (χ3n) is 4.89. The minimum atomic E-state index is -0.228. The zero-order valence-electron chi connectivity index (χ0n) is 17.4. The van der Waals surface area contributed by atoms with Crippen LogP contribution in [-0.4, -0.2) is 33.2 Å². The van der Waals surface area contributed by atoms with Crippen molar-refractivity contribution in [3.05, 3.63) is 83.9 Å². The number of tetrazole rings is 1. The van der Waals surface area contributed by atoms with Crippen LogP contribution in [0.1, 0.15) is 29.3 Å². The van der Waals surface area contributed by atoms with Crippen LogP contribution in [0.5, 0.6) is 5.75 Å². The summed E-state index contributed by atoms with van der Waals surface area (Å²) < 4.78 is 5.14. The Hall–Kier alpha value is -4.00. The van der Waals surface area contributed by atoms with E-state index >= 15 is 0 Å². The van der Waals surface area contributed by atoms with Crippen molar-refractivity contribution in [3.63, 3.8) is 0 Å². The number of rotatable bonds is 7. The fourth-order valence-corrected chi connectivity index (χ4v) is 3.24. The first-order valence-corrected chi connectivity index (χ1v) is 10.1. The van der Waals surface area contributed by atoms with Gasteiger partial charge in [0.05, 0.1) is 18.5 Å². The number of methoxy groups -OCH3 is 1. The highest BCUT2D eigenvalue weighted by Crippen LogP contribution is 2.25. The summed E-state index contributed by atoms with van der Waals surface area (Å²) in [5, 5.41) is 15.8. The lowest BCUT2D eigenvalue weighted by atomic mass is 10.1. The number of aromatic nitrogens is 4. The zero-order chi connectivity index (χ0) is 21.6. The average molecular weight is 413 g/mol. The van der Waals surface area contributed by atoms with Crippen molar-refractivity contribution in [2.45, 2.75) is 19.8 Å². The molecule has 0 aliphatic carbocycles. The van der Waals surface area contributed by atoms with Crippen molar-refractivity contribution in [2.75, 3.05) is 12.4 Å². The number of carbonyl (C=O) groups is 1. The van der Waals surface area contributed by atoms with Gasteiger partial charge in [-0.15, -0.1) is 15.0 Å². The summed E-state index contributed by atoms with van der Waals surface area (Å²) in [6, 6.07) is 22.4. The third kappa shape index (κ3) is 4.61. The molecule has 3 aromatic carbocycles. The van der Waals surface area contributed by atoms with Crippen molar-refractivity contribution in [2.24, 2.45) is 0 Å². The summed E-state index contributed by atoms with van der Waals surface area (Å²) in [4.78, 5) is 14.2. The second-order valence-corrected chi connectivity index (χ2v) is 7.05. The van der Waals surface area contributed by atoms with Crippen LogP contribution in [0.25, 0.3) is 17.1 Å². The number of anilines is 1. The van der Waals surface area contributed by atoms with E-state index in [0.717, 1.165) is 18.5 Å². The molecule has 0 bridgehead atoms. The Morgan fingerprint density at radius 1 is 1.00 bits per heavy atom. The largest absolute Gasteiger partial charge is 0.497 e. The number of hydrogen-bond donors (Lipinski definition) is 1. The summed E-state index contributed by atoms with van der Waals surface area (Å²) in [6.07, 6.45) is 2.14. The lowest BCUT2D eigenvalue weighted by Gasteiger charge is -2.09. The van der Waals surface area contributed by atoms with Crippen LogP contribution in [0.3, 0.4) is 0 Å². The van der Waals surface area contributed by atoms with Crippen molar-refractivity contribution < 1.29 is 9.53 Å². The maximum absolute atomic E-state index is 12.7. The number of aryl methyl sites for hydroxylation is 1. The molecule has 4 aromatic rings. The maximum atomic E-state index is 12.7. The Balaban J connectivity index is 1.56. The van der Waals surface area contributed by atoms with Gasteiger partial charge in [0.15, 0.2) is 0 Å². The minimum Gasteiger partial charge on any atom is -0.497 e. The molecule has 0 unspecified atom stereocenters. The Kier molecular flexibility index (Phi) is 6.03. The molecule has 1 heterocycles. The lowest BCUT2D eigenvalue weighted by Crippen LogP contribution is -2.12. The summed E-state index contributed by atoms with van der Waals surface area (Å²) in [5.41, 5.74) is 3.94. The van der Waals surface area contributed by atoms with E-state index in [1.165, 1.54) is 10.4 Å². The van der Waals surface area contributed by atoms with Crippen LogP contribution in [0.4, 0.5) is 5.69 Å². The molecule has 7 heteroatoms. The van der Waals surface area contributed by atoms with E-state index in [9.17, 15) is 4.79 Å². The van der Waals surface area contributed by atoms with Gasteiger partial charge in [-0.1, -0.05) is 37.6 Å². The van der Waals surface area contributed by atoms with E-state index in [1.807, 2.05) is 36.4 Å². The van der Waals surface area contributed by atoms with E-state index in [2.05, 4.69) is 39.8 Å². The highest BCUT2D eigenvalue weighted by Gasteiger charge is 2.14. The van der Waals surface area contributed by atoms with Crippen LogP contribution in [-0.2, 0) is 6.42 Å². The zero-order valence-corrected chi connectivity index (χ0v) is 17.4. The molecule has 31 heavy (non-hydrogen) atoms. The first-order chi connectivity index (χ1) is 15.2. The van der Waals surface area contributed by atoms with Gasteiger partial charge in [-0.25, -0.2) is 0 Å². The standard InChI is InChI=1S/C24H23N5O2/c1-3-6-17-9-13-19(14-10-17)29-27-23(26-28-29)21-7-4-5-8-22(21)25-24(30)18-11-15-20(31-2)16-12-18/h4-5,7-16H,3,6H2,1-2H3,(H,25,30). The minimum absolute atomic E-state index is 0.228. The SMILES string of the molecule is CCCc1ccc(-n2nnc(-c3ccccc3NC(=O)c3ccc(OC)cc3)n2)cc1. The molecule has 0 saturated heterocycles. The quantitative estimate of drug-likeness (QED) is 0.481. The van der Waals surface area contributed by atoms with Gasteiger partial charge in [-0.05, 0) is 65.7 Å². The highest BCUT2D eigenvalue weighted by molar-refractivity contribution is 6.06. The van der Waals surface area contributed by atoms with E-state index < -0.39 is 0 Å². The van der Waals surface area contributed by atoms with Crippen LogP contribution < -0.4 is 10.1 Å². The summed E-state index contributed by atoms with van der Waals surface area (Å²) in [6.45, 7) is 2.16. The number of ether oxygens (including phenoxy) is 1. The van der Waals surface area contributed by atoms with E-state index in [-0.39, 0.29) is 5.91 Å². The number of para-hydroxylation sites is 1. The van der Waals surface area contributed by atoms with Crippen molar-refractivity contribution in [3.8, 4) is 22.8 Å². The third-order valence-corrected chi connectivity index (χ3v) is 4.89. The predicted molar refractivity (Wildman–Crippen MR) is 120 cm³/mol. The number of nitrogens with zero attached hydrogens (tertiary/aromatic N) is 4. The fourth-order valence-electron chi connectivity index (χ4n) is 3.24. The molecule has 4 rings (SSSR count). The Morgan fingerprint density at radius 2 is 1.74 bits per heavy atom.